The van der Waals surface area contributed by atoms with Crippen molar-refractivity contribution in [2.75, 3.05) is 18.9 Å². The number of unbranched alkanes of at least 4 members (excludes halogenated alkanes) is 1. The van der Waals surface area contributed by atoms with E-state index in [1.54, 1.807) is 12.1 Å². The number of nitrogen functional groups attached to an aromatic ring is 1. The van der Waals surface area contributed by atoms with Gasteiger partial charge < -0.3 is 20.1 Å². The highest BCUT2D eigenvalue weighted by atomic mass is 16.5. The maximum Gasteiger partial charge on any atom is 0.235 e. The number of phenolic OH excluding ortho intramolecular Hbond substituents is 1. The number of aromatic nitrogens is 3. The number of ether oxygens (including phenoxy) is 1. The maximum atomic E-state index is 10.6. The van der Waals surface area contributed by atoms with Crippen molar-refractivity contribution in [3.8, 4) is 5.75 Å². The number of aliphatic imine (C=N–C) groups is 1. The van der Waals surface area contributed by atoms with Gasteiger partial charge in [-0.2, -0.15) is 4.99 Å². The van der Waals surface area contributed by atoms with Gasteiger partial charge in [-0.1, -0.05) is 45.4 Å². The van der Waals surface area contributed by atoms with E-state index in [1.165, 1.54) is 5.56 Å². The number of aryl methyl sites for hydroxylation is 2. The van der Waals surface area contributed by atoms with Crippen LogP contribution in [0.25, 0.3) is 21.9 Å². The first-order chi connectivity index (χ1) is 19.5. The lowest BCUT2D eigenvalue weighted by Gasteiger charge is -2.26. The van der Waals surface area contributed by atoms with Gasteiger partial charge in [0.05, 0.1) is 16.6 Å². The summed E-state index contributed by atoms with van der Waals surface area (Å²) >= 11 is 0. The van der Waals surface area contributed by atoms with Crippen LogP contribution in [0.1, 0.15) is 82.8 Å². The molecule has 0 amide bonds. The normalized spacial score (nSPS) is 12.2. The summed E-state index contributed by atoms with van der Waals surface area (Å²) in [5.74, 6) is 1.73. The SMILES string of the molecule is CCCCc1nc2c(N)nc3ccc(C(C)(C)CCOCCC(C)(C)N=C=O)cc3c2n1Cc1ccc(O)c(C)c1. The molecule has 8 heteroatoms. The van der Waals surface area contributed by atoms with E-state index in [1.807, 2.05) is 32.9 Å². The van der Waals surface area contributed by atoms with Gasteiger partial charge >= 0.3 is 0 Å². The monoisotopic (exact) mass is 557 g/mol. The van der Waals surface area contributed by atoms with Crippen molar-refractivity contribution in [2.24, 2.45) is 4.99 Å². The average Bonchev–Trinajstić information content (AvgIpc) is 3.28. The number of fused-ring (bicyclic) bond motifs is 3. The van der Waals surface area contributed by atoms with Crippen LogP contribution in [-0.2, 0) is 27.9 Å². The Morgan fingerprint density at radius 2 is 1.83 bits per heavy atom. The molecule has 0 spiro atoms. The summed E-state index contributed by atoms with van der Waals surface area (Å²) in [6.45, 7) is 14.1. The molecule has 0 aliphatic carbocycles. The van der Waals surface area contributed by atoms with Gasteiger partial charge in [-0.3, -0.25) is 0 Å². The van der Waals surface area contributed by atoms with E-state index in [9.17, 15) is 9.90 Å². The van der Waals surface area contributed by atoms with E-state index in [-0.39, 0.29) is 5.41 Å². The van der Waals surface area contributed by atoms with Crippen LogP contribution in [0, 0.1) is 6.92 Å². The molecule has 0 atom stereocenters. The number of anilines is 1. The summed E-state index contributed by atoms with van der Waals surface area (Å²) in [4.78, 5) is 24.2. The first-order valence-electron chi connectivity index (χ1n) is 14.5. The van der Waals surface area contributed by atoms with Crippen molar-refractivity contribution < 1.29 is 14.6 Å². The van der Waals surface area contributed by atoms with Crippen molar-refractivity contribution in [3.05, 3.63) is 58.9 Å². The van der Waals surface area contributed by atoms with Gasteiger partial charge in [-0.25, -0.2) is 14.8 Å². The summed E-state index contributed by atoms with van der Waals surface area (Å²) in [5.41, 5.74) is 11.6. The third-order valence-electron chi connectivity index (χ3n) is 8.00. The summed E-state index contributed by atoms with van der Waals surface area (Å²) < 4.78 is 8.22. The number of pyridine rings is 1. The second kappa shape index (κ2) is 12.4. The third-order valence-corrected chi connectivity index (χ3v) is 8.00. The van der Waals surface area contributed by atoms with E-state index >= 15 is 0 Å². The van der Waals surface area contributed by atoms with Crippen LogP contribution in [0.2, 0.25) is 0 Å². The first kappa shape index (κ1) is 30.2. The molecule has 2 aromatic carbocycles. The highest BCUT2D eigenvalue weighted by Gasteiger charge is 2.24. The minimum Gasteiger partial charge on any atom is -0.508 e. The fraction of sp³-hybridized carbons (Fsp3) is 0.485. The first-order valence-corrected chi connectivity index (χ1v) is 14.5. The molecule has 8 nitrogen and oxygen atoms in total. The lowest BCUT2D eigenvalue weighted by Crippen LogP contribution is -2.22. The summed E-state index contributed by atoms with van der Waals surface area (Å²) in [7, 11) is 0. The molecule has 0 saturated carbocycles. The Morgan fingerprint density at radius 3 is 2.54 bits per heavy atom. The second-order valence-electron chi connectivity index (χ2n) is 12.3. The van der Waals surface area contributed by atoms with Crippen LogP contribution in [-0.4, -0.2) is 44.5 Å². The number of nitrogens with two attached hydrogens (primary N) is 1. The van der Waals surface area contributed by atoms with Gasteiger partial charge in [0.15, 0.2) is 5.82 Å². The minimum atomic E-state index is -0.465. The van der Waals surface area contributed by atoms with Crippen LogP contribution in [0.5, 0.6) is 5.75 Å². The zero-order valence-electron chi connectivity index (χ0n) is 25.3. The molecule has 0 aliphatic rings. The number of nitrogens with zero attached hydrogens (tertiary/aromatic N) is 4. The third kappa shape index (κ3) is 6.95. The number of phenols is 1. The Balaban J connectivity index is 1.70. The number of aromatic hydroxyl groups is 1. The van der Waals surface area contributed by atoms with Gasteiger partial charge in [-0.15, -0.1) is 0 Å². The molecule has 0 bridgehead atoms. The number of hydrogen-bond acceptors (Lipinski definition) is 7. The number of isocyanates is 1. The zero-order chi connectivity index (χ0) is 29.8. The van der Waals surface area contributed by atoms with Gasteiger partial charge in [0.2, 0.25) is 6.08 Å². The van der Waals surface area contributed by atoms with Gasteiger partial charge in [0.25, 0.3) is 0 Å². The molecule has 0 fully saturated rings. The minimum absolute atomic E-state index is 0.150. The maximum absolute atomic E-state index is 10.6. The van der Waals surface area contributed by atoms with Crippen molar-refractivity contribution in [1.82, 2.24) is 14.5 Å². The molecule has 0 saturated heterocycles. The van der Waals surface area contributed by atoms with Crippen LogP contribution in [0.15, 0.2) is 41.4 Å². The highest BCUT2D eigenvalue weighted by Crippen LogP contribution is 2.35. The quantitative estimate of drug-likeness (QED) is 0.107. The lowest BCUT2D eigenvalue weighted by molar-refractivity contribution is 0.105. The van der Waals surface area contributed by atoms with Crippen LogP contribution < -0.4 is 5.73 Å². The van der Waals surface area contributed by atoms with Crippen molar-refractivity contribution in [1.29, 1.82) is 0 Å². The van der Waals surface area contributed by atoms with Crippen LogP contribution in [0.4, 0.5) is 5.82 Å². The van der Waals surface area contributed by atoms with Crippen molar-refractivity contribution >= 4 is 33.8 Å². The Hall–Kier alpha value is -3.74. The van der Waals surface area contributed by atoms with Crippen molar-refractivity contribution in [2.45, 2.75) is 91.1 Å². The summed E-state index contributed by atoms with van der Waals surface area (Å²) in [5, 5.41) is 11.1. The lowest BCUT2D eigenvalue weighted by atomic mass is 9.81. The predicted octanol–water partition coefficient (Wildman–Crippen LogP) is 6.76. The number of carbonyl (C=O) groups excluding carboxylic acids is 1. The standard InChI is InChI=1S/C33H43N5O3/c1-7-8-9-28-37-29-30(38(28)20-23-10-13-27(40)22(2)18-23)25-19-24(11-12-26(25)36-31(29)34)32(3,4)14-16-41-17-15-33(5,6)35-21-39/h10-13,18-19,40H,7-9,14-17,20H2,1-6H3,(H2,34,36). The molecule has 218 valence electrons. The Morgan fingerprint density at radius 1 is 1.07 bits per heavy atom. The van der Waals surface area contributed by atoms with Crippen LogP contribution >= 0.6 is 0 Å². The van der Waals surface area contributed by atoms with E-state index in [2.05, 4.69) is 48.5 Å². The predicted molar refractivity (Wildman–Crippen MR) is 165 cm³/mol. The number of rotatable bonds is 13. The van der Waals surface area contributed by atoms with Crippen LogP contribution in [0.3, 0.4) is 0 Å². The Kier molecular flexibility index (Phi) is 9.15. The topological polar surface area (TPSA) is 116 Å². The van der Waals surface area contributed by atoms with Gasteiger partial charge in [0.1, 0.15) is 17.1 Å². The van der Waals surface area contributed by atoms with Gasteiger partial charge in [0, 0.05) is 31.6 Å². The molecule has 0 aliphatic heterocycles. The number of hydrogen-bond donors (Lipinski definition) is 2. The van der Waals surface area contributed by atoms with Crippen molar-refractivity contribution in [3.63, 3.8) is 0 Å². The molecular weight excluding hydrogens is 514 g/mol. The van der Waals surface area contributed by atoms with E-state index in [0.717, 1.165) is 64.6 Å². The average molecular weight is 558 g/mol. The van der Waals surface area contributed by atoms with E-state index in [4.69, 9.17) is 20.4 Å². The highest BCUT2D eigenvalue weighted by molar-refractivity contribution is 6.07. The molecule has 4 aromatic rings. The smallest absolute Gasteiger partial charge is 0.235 e. The number of benzene rings is 2. The largest absolute Gasteiger partial charge is 0.508 e. The molecule has 0 radical (unpaired) electrons. The molecule has 2 heterocycles. The Bertz CT molecular complexity index is 1580. The van der Waals surface area contributed by atoms with E-state index < -0.39 is 5.54 Å². The molecule has 2 aromatic heterocycles. The molecular formula is C33H43N5O3. The molecule has 0 unspecified atom stereocenters. The van der Waals surface area contributed by atoms with Gasteiger partial charge in [-0.05, 0) is 80.3 Å². The molecule has 4 rings (SSSR count). The molecule has 3 N–H and O–H groups in total. The zero-order valence-corrected chi connectivity index (χ0v) is 25.3. The molecule has 41 heavy (non-hydrogen) atoms. The summed E-state index contributed by atoms with van der Waals surface area (Å²) in [6.07, 6.45) is 6.08. The number of imidazole rings is 1. The Labute approximate surface area is 242 Å². The fourth-order valence-electron chi connectivity index (χ4n) is 5.15. The fourth-order valence-corrected chi connectivity index (χ4v) is 5.15. The summed E-state index contributed by atoms with van der Waals surface area (Å²) in [6, 6.07) is 12.2. The second-order valence-corrected chi connectivity index (χ2v) is 12.3. The van der Waals surface area contributed by atoms with E-state index in [0.29, 0.717) is 37.7 Å².